The van der Waals surface area contributed by atoms with Crippen molar-refractivity contribution in [1.29, 1.82) is 0 Å². The first-order valence-corrected chi connectivity index (χ1v) is 10.8. The topological polar surface area (TPSA) is 65.4 Å². The van der Waals surface area contributed by atoms with E-state index in [9.17, 15) is 4.79 Å². The molecule has 158 valence electrons. The molecule has 30 heavy (non-hydrogen) atoms. The van der Waals surface area contributed by atoms with E-state index in [1.54, 1.807) is 38.2 Å². The van der Waals surface area contributed by atoms with Gasteiger partial charge < -0.3 is 19.4 Å². The number of ether oxygens (including phenoxy) is 2. The third kappa shape index (κ3) is 5.57. The number of nitrogens with one attached hydrogen (secondary N) is 1. The van der Waals surface area contributed by atoms with Gasteiger partial charge >= 0.3 is 0 Å². The molecule has 3 rings (SSSR count). The number of benzene rings is 2. The van der Waals surface area contributed by atoms with Crippen LogP contribution in [0.5, 0.6) is 11.5 Å². The van der Waals surface area contributed by atoms with E-state index < -0.39 is 6.04 Å². The average Bonchev–Trinajstić information content (AvgIpc) is 3.17. The molecule has 1 aromatic heterocycles. The van der Waals surface area contributed by atoms with Gasteiger partial charge in [-0.05, 0) is 30.2 Å². The number of thioether (sulfide) groups is 1. The van der Waals surface area contributed by atoms with Crippen molar-refractivity contribution in [1.82, 2.24) is 14.9 Å². The second kappa shape index (κ2) is 10.2. The molecule has 0 aliphatic rings. The van der Waals surface area contributed by atoms with Crippen molar-refractivity contribution in [2.24, 2.45) is 7.05 Å². The molecule has 6 nitrogen and oxygen atoms in total. The fourth-order valence-electron chi connectivity index (χ4n) is 3.21. The Morgan fingerprint density at radius 3 is 2.50 bits per heavy atom. The SMILES string of the molecule is COc1cc(OC)cc(C(NC(=O)CSCc2cccc(C)c2)c2nccn2C)c1. The highest BCUT2D eigenvalue weighted by Crippen LogP contribution is 2.29. The van der Waals surface area contributed by atoms with Crippen molar-refractivity contribution >= 4 is 17.7 Å². The van der Waals surface area contributed by atoms with Crippen LogP contribution in [0, 0.1) is 6.92 Å². The molecule has 1 heterocycles. The molecular weight excluding hydrogens is 398 g/mol. The summed E-state index contributed by atoms with van der Waals surface area (Å²) in [6, 6.07) is 13.5. The Labute approximate surface area is 181 Å². The minimum Gasteiger partial charge on any atom is -0.497 e. The summed E-state index contributed by atoms with van der Waals surface area (Å²) in [5.74, 6) is 3.15. The predicted molar refractivity (Wildman–Crippen MR) is 120 cm³/mol. The quantitative estimate of drug-likeness (QED) is 0.564. The first kappa shape index (κ1) is 21.8. The molecule has 7 heteroatoms. The molecule has 1 amide bonds. The molecule has 1 unspecified atom stereocenters. The number of nitrogens with zero attached hydrogens (tertiary/aromatic N) is 2. The first-order chi connectivity index (χ1) is 14.5. The molecule has 1 atom stereocenters. The molecule has 2 aromatic carbocycles. The number of aromatic nitrogens is 2. The molecule has 0 spiro atoms. The Balaban J connectivity index is 1.75. The van der Waals surface area contributed by atoms with E-state index in [0.29, 0.717) is 17.3 Å². The van der Waals surface area contributed by atoms with Crippen molar-refractivity contribution in [3.05, 3.63) is 77.4 Å². The maximum absolute atomic E-state index is 12.8. The number of hydrogen-bond acceptors (Lipinski definition) is 5. The molecule has 1 N–H and O–H groups in total. The lowest BCUT2D eigenvalue weighted by Gasteiger charge is -2.20. The summed E-state index contributed by atoms with van der Waals surface area (Å²) >= 11 is 1.59. The molecule has 0 aliphatic carbocycles. The van der Waals surface area contributed by atoms with Gasteiger partial charge in [0, 0.05) is 31.3 Å². The van der Waals surface area contributed by atoms with Gasteiger partial charge in [-0.25, -0.2) is 4.98 Å². The highest BCUT2D eigenvalue weighted by molar-refractivity contribution is 7.99. The lowest BCUT2D eigenvalue weighted by molar-refractivity contribution is -0.119. The van der Waals surface area contributed by atoms with Crippen molar-refractivity contribution in [2.45, 2.75) is 18.7 Å². The van der Waals surface area contributed by atoms with Gasteiger partial charge in [-0.2, -0.15) is 0 Å². The maximum atomic E-state index is 12.8. The Hall–Kier alpha value is -2.93. The van der Waals surface area contributed by atoms with Gasteiger partial charge in [-0.15, -0.1) is 11.8 Å². The van der Waals surface area contributed by atoms with Gasteiger partial charge in [0.05, 0.1) is 20.0 Å². The van der Waals surface area contributed by atoms with Gasteiger partial charge in [0.25, 0.3) is 0 Å². The molecule has 0 radical (unpaired) electrons. The fraction of sp³-hybridized carbons (Fsp3) is 0.304. The van der Waals surface area contributed by atoms with Crippen molar-refractivity contribution < 1.29 is 14.3 Å². The largest absolute Gasteiger partial charge is 0.497 e. The zero-order valence-electron chi connectivity index (χ0n) is 17.7. The molecule has 0 bridgehead atoms. The number of methoxy groups -OCH3 is 2. The molecule has 0 saturated carbocycles. The van der Waals surface area contributed by atoms with Crippen LogP contribution < -0.4 is 14.8 Å². The van der Waals surface area contributed by atoms with Crippen molar-refractivity contribution in [3.63, 3.8) is 0 Å². The molecule has 0 saturated heterocycles. The first-order valence-electron chi connectivity index (χ1n) is 9.63. The lowest BCUT2D eigenvalue weighted by atomic mass is 10.0. The molecule has 0 aliphatic heterocycles. The Morgan fingerprint density at radius 1 is 1.17 bits per heavy atom. The van der Waals surface area contributed by atoms with Crippen molar-refractivity contribution in [3.8, 4) is 11.5 Å². The van der Waals surface area contributed by atoms with Crippen LogP contribution in [-0.2, 0) is 17.6 Å². The van der Waals surface area contributed by atoms with Gasteiger partial charge in [0.15, 0.2) is 0 Å². The zero-order chi connectivity index (χ0) is 21.5. The summed E-state index contributed by atoms with van der Waals surface area (Å²) in [5.41, 5.74) is 3.28. The normalized spacial score (nSPS) is 11.7. The van der Waals surface area contributed by atoms with Crippen LogP contribution in [0.1, 0.15) is 28.6 Å². The molecule has 3 aromatic rings. The molecule has 0 fully saturated rings. The minimum absolute atomic E-state index is 0.0533. The van der Waals surface area contributed by atoms with E-state index in [0.717, 1.165) is 17.1 Å². The number of carbonyl (C=O) groups excluding carboxylic acids is 1. The number of hydrogen-bond donors (Lipinski definition) is 1. The second-order valence-electron chi connectivity index (χ2n) is 7.02. The van der Waals surface area contributed by atoms with Crippen LogP contribution in [0.3, 0.4) is 0 Å². The Bertz CT molecular complexity index is 981. The average molecular weight is 426 g/mol. The van der Waals surface area contributed by atoms with Gasteiger partial charge in [-0.3, -0.25) is 4.79 Å². The standard InChI is InChI=1S/C23H27N3O3S/c1-16-6-5-7-17(10-16)14-30-15-21(27)25-22(23-24-8-9-26(23)2)18-11-19(28-3)13-20(12-18)29-4/h5-13,22H,14-15H2,1-4H3,(H,25,27). The van der Waals surface area contributed by atoms with E-state index in [4.69, 9.17) is 9.47 Å². The van der Waals surface area contributed by atoms with Gasteiger partial charge in [0.2, 0.25) is 5.91 Å². The van der Waals surface area contributed by atoms with Crippen LogP contribution in [0.15, 0.2) is 54.9 Å². The monoisotopic (exact) mass is 425 g/mol. The smallest absolute Gasteiger partial charge is 0.230 e. The van der Waals surface area contributed by atoms with E-state index in [-0.39, 0.29) is 5.91 Å². The summed E-state index contributed by atoms with van der Waals surface area (Å²) in [5, 5.41) is 3.12. The van der Waals surface area contributed by atoms with E-state index in [1.165, 1.54) is 11.1 Å². The summed E-state index contributed by atoms with van der Waals surface area (Å²) in [6.07, 6.45) is 3.58. The summed E-state index contributed by atoms with van der Waals surface area (Å²) in [7, 11) is 5.12. The Kier molecular flexibility index (Phi) is 7.41. The summed E-state index contributed by atoms with van der Waals surface area (Å²) < 4.78 is 12.7. The summed E-state index contributed by atoms with van der Waals surface area (Å²) in [6.45, 7) is 2.07. The van der Waals surface area contributed by atoms with Gasteiger partial charge in [0.1, 0.15) is 23.4 Å². The number of aryl methyl sites for hydroxylation is 2. The molecular formula is C23H27N3O3S. The van der Waals surface area contributed by atoms with Crippen LogP contribution in [0.2, 0.25) is 0 Å². The number of amides is 1. The number of rotatable bonds is 9. The van der Waals surface area contributed by atoms with Crippen LogP contribution >= 0.6 is 11.8 Å². The van der Waals surface area contributed by atoms with Crippen LogP contribution in [-0.4, -0.2) is 35.4 Å². The van der Waals surface area contributed by atoms with E-state index >= 15 is 0 Å². The van der Waals surface area contributed by atoms with Gasteiger partial charge in [-0.1, -0.05) is 29.8 Å². The highest BCUT2D eigenvalue weighted by atomic mass is 32.2. The number of imidazole rings is 1. The highest BCUT2D eigenvalue weighted by Gasteiger charge is 2.22. The predicted octanol–water partition coefficient (Wildman–Crippen LogP) is 3.88. The number of carbonyl (C=O) groups is 1. The van der Waals surface area contributed by atoms with Crippen molar-refractivity contribution in [2.75, 3.05) is 20.0 Å². The van der Waals surface area contributed by atoms with E-state index in [2.05, 4.69) is 35.4 Å². The third-order valence-electron chi connectivity index (χ3n) is 4.71. The Morgan fingerprint density at radius 2 is 1.90 bits per heavy atom. The fourth-order valence-corrected chi connectivity index (χ4v) is 4.00. The van der Waals surface area contributed by atoms with Crippen LogP contribution in [0.4, 0.5) is 0 Å². The lowest BCUT2D eigenvalue weighted by Crippen LogP contribution is -2.32. The third-order valence-corrected chi connectivity index (χ3v) is 5.72. The minimum atomic E-state index is -0.416. The summed E-state index contributed by atoms with van der Waals surface area (Å²) in [4.78, 5) is 17.2. The van der Waals surface area contributed by atoms with Crippen LogP contribution in [0.25, 0.3) is 0 Å². The zero-order valence-corrected chi connectivity index (χ0v) is 18.5. The maximum Gasteiger partial charge on any atom is 0.230 e. The second-order valence-corrected chi connectivity index (χ2v) is 8.01. The van der Waals surface area contributed by atoms with E-state index in [1.807, 2.05) is 36.0 Å².